The fourth-order valence-electron chi connectivity index (χ4n) is 1.30. The van der Waals surface area contributed by atoms with Crippen LogP contribution in [-0.4, -0.2) is 11.9 Å². The van der Waals surface area contributed by atoms with Gasteiger partial charge < -0.3 is 19.8 Å². The molecule has 0 saturated heterocycles. The van der Waals surface area contributed by atoms with Crippen LogP contribution in [0.15, 0.2) is 0 Å². The van der Waals surface area contributed by atoms with Gasteiger partial charge in [0, 0.05) is 23.8 Å². The molecule has 0 amide bonds. The molecule has 5 heteroatoms. The normalized spacial score (nSPS) is 35.3. The number of carboxylic acids is 2. The zero-order valence-corrected chi connectivity index (χ0v) is 9.73. The van der Waals surface area contributed by atoms with Crippen molar-refractivity contribution in [2.45, 2.75) is 26.7 Å². The summed E-state index contributed by atoms with van der Waals surface area (Å²) in [5.74, 6) is -1.25. The molecule has 15 heavy (non-hydrogen) atoms. The van der Waals surface area contributed by atoms with E-state index in [0.717, 1.165) is 12.8 Å². The van der Waals surface area contributed by atoms with Crippen molar-refractivity contribution in [1.29, 1.82) is 0 Å². The van der Waals surface area contributed by atoms with Gasteiger partial charge in [-0.2, -0.15) is 0 Å². The Morgan fingerprint density at radius 2 is 1.13 bits per heavy atom. The van der Waals surface area contributed by atoms with E-state index in [4.69, 9.17) is 0 Å². The minimum absolute atomic E-state index is 0. The molecule has 4 atom stereocenters. The number of carboxylic acid groups (broad SMARTS) is 2. The Morgan fingerprint density at radius 3 is 1.13 bits per heavy atom. The summed E-state index contributed by atoms with van der Waals surface area (Å²) in [4.78, 5) is 19.7. The van der Waals surface area contributed by atoms with Gasteiger partial charge >= 0.3 is 16.8 Å². The van der Waals surface area contributed by atoms with E-state index in [9.17, 15) is 19.8 Å². The monoisotopic (exact) mass is 257 g/mol. The third kappa shape index (κ3) is 4.66. The Hall–Kier alpha value is -0.554. The van der Waals surface area contributed by atoms with E-state index in [-0.39, 0.29) is 28.6 Å². The van der Waals surface area contributed by atoms with Crippen LogP contribution < -0.4 is 10.2 Å². The minimum atomic E-state index is -0.882. The van der Waals surface area contributed by atoms with E-state index < -0.39 is 11.9 Å². The predicted octanol–water partition coefficient (Wildman–Crippen LogP) is -1.22. The fraction of sp³-hybridized carbons (Fsp3) is 0.800. The first kappa shape index (κ1) is 14.4. The number of carbonyl (C=O) groups is 2. The maximum absolute atomic E-state index is 9.86. The molecule has 0 N–H and O–H groups in total. The summed E-state index contributed by atoms with van der Waals surface area (Å²) in [5.41, 5.74) is 0. The van der Waals surface area contributed by atoms with Crippen LogP contribution in [0.1, 0.15) is 26.7 Å². The number of aliphatic carboxylic acids is 2. The molecule has 2 aliphatic carbocycles. The van der Waals surface area contributed by atoms with Crippen LogP contribution in [0.4, 0.5) is 0 Å². The van der Waals surface area contributed by atoms with Crippen LogP contribution in [0, 0.1) is 23.7 Å². The standard InChI is InChI=1S/2C5H8O2.Co/c2*1-3-2-4(3)5(6)7;/h2*3-4H,2H2,1H3,(H,6,7);/q;;+2/p-2. The van der Waals surface area contributed by atoms with Gasteiger partial charge in [-0.1, -0.05) is 13.8 Å². The summed E-state index contributed by atoms with van der Waals surface area (Å²) in [6.45, 7) is 3.83. The van der Waals surface area contributed by atoms with E-state index in [2.05, 4.69) is 0 Å². The van der Waals surface area contributed by atoms with Gasteiger partial charge in [0.25, 0.3) is 0 Å². The average Bonchev–Trinajstić information content (AvgIpc) is 2.90. The maximum atomic E-state index is 9.86. The molecule has 4 nitrogen and oxygen atoms in total. The molecule has 0 spiro atoms. The Labute approximate surface area is 99.2 Å². The van der Waals surface area contributed by atoms with Crippen LogP contribution in [0.3, 0.4) is 0 Å². The molecular weight excluding hydrogens is 243 g/mol. The van der Waals surface area contributed by atoms with Crippen molar-refractivity contribution in [3.8, 4) is 0 Å². The predicted molar refractivity (Wildman–Crippen MR) is 44.6 cm³/mol. The maximum Gasteiger partial charge on any atom is 2.00 e. The zero-order chi connectivity index (χ0) is 10.9. The van der Waals surface area contributed by atoms with Crippen molar-refractivity contribution in [2.24, 2.45) is 23.7 Å². The molecule has 2 rings (SSSR count). The van der Waals surface area contributed by atoms with Crippen LogP contribution in [0.2, 0.25) is 0 Å². The minimum Gasteiger partial charge on any atom is -0.550 e. The van der Waals surface area contributed by atoms with Gasteiger partial charge in [0.1, 0.15) is 0 Å². The van der Waals surface area contributed by atoms with Crippen molar-refractivity contribution in [2.75, 3.05) is 0 Å². The van der Waals surface area contributed by atoms with Gasteiger partial charge in [0.2, 0.25) is 0 Å². The summed E-state index contributed by atoms with van der Waals surface area (Å²) >= 11 is 0. The Kier molecular flexibility index (Phi) is 5.31. The number of hydrogen-bond donors (Lipinski definition) is 0. The third-order valence-electron chi connectivity index (χ3n) is 2.82. The first-order chi connectivity index (χ1) is 6.43. The second-order valence-electron chi connectivity index (χ2n) is 4.28. The molecule has 0 aromatic heterocycles. The molecule has 4 unspecified atom stereocenters. The van der Waals surface area contributed by atoms with Crippen LogP contribution in [0.5, 0.6) is 0 Å². The molecular formula is C10H14CoO4. The van der Waals surface area contributed by atoms with Gasteiger partial charge in [-0.3, -0.25) is 0 Å². The van der Waals surface area contributed by atoms with Crippen molar-refractivity contribution >= 4 is 11.9 Å². The smallest absolute Gasteiger partial charge is 0.550 e. The third-order valence-corrected chi connectivity index (χ3v) is 2.82. The quantitative estimate of drug-likeness (QED) is 0.621. The summed E-state index contributed by atoms with van der Waals surface area (Å²) < 4.78 is 0. The van der Waals surface area contributed by atoms with E-state index in [0.29, 0.717) is 11.8 Å². The van der Waals surface area contributed by atoms with Crippen molar-refractivity contribution < 1.29 is 36.6 Å². The van der Waals surface area contributed by atoms with Gasteiger partial charge in [0.05, 0.1) is 0 Å². The summed E-state index contributed by atoms with van der Waals surface area (Å²) in [6, 6.07) is 0. The SMILES string of the molecule is CC1CC1C(=O)[O-].CC1CC1C(=O)[O-].[Co+2]. The topological polar surface area (TPSA) is 80.3 Å². The van der Waals surface area contributed by atoms with Crippen LogP contribution >= 0.6 is 0 Å². The molecule has 87 valence electrons. The zero-order valence-electron chi connectivity index (χ0n) is 8.69. The first-order valence-corrected chi connectivity index (χ1v) is 4.85. The Bertz CT molecular complexity index is 228. The fourth-order valence-corrected chi connectivity index (χ4v) is 1.30. The van der Waals surface area contributed by atoms with Gasteiger partial charge in [0.15, 0.2) is 0 Å². The molecule has 0 aliphatic heterocycles. The molecule has 2 fully saturated rings. The molecule has 0 aromatic carbocycles. The summed E-state index contributed by atoms with van der Waals surface area (Å²) in [7, 11) is 0. The molecule has 0 bridgehead atoms. The number of rotatable bonds is 2. The Balaban J connectivity index is 0.000000245. The van der Waals surface area contributed by atoms with Crippen molar-refractivity contribution in [3.63, 3.8) is 0 Å². The Morgan fingerprint density at radius 1 is 0.933 bits per heavy atom. The van der Waals surface area contributed by atoms with Gasteiger partial charge in [-0.25, -0.2) is 0 Å². The first-order valence-electron chi connectivity index (χ1n) is 4.85. The molecule has 0 heterocycles. The van der Waals surface area contributed by atoms with E-state index in [1.807, 2.05) is 13.8 Å². The summed E-state index contributed by atoms with van der Waals surface area (Å²) in [6.07, 6.45) is 1.64. The van der Waals surface area contributed by atoms with E-state index >= 15 is 0 Å². The van der Waals surface area contributed by atoms with Gasteiger partial charge in [-0.05, 0) is 24.7 Å². The summed E-state index contributed by atoms with van der Waals surface area (Å²) in [5, 5.41) is 19.7. The molecule has 1 radical (unpaired) electrons. The second kappa shape index (κ2) is 5.51. The average molecular weight is 257 g/mol. The second-order valence-corrected chi connectivity index (χ2v) is 4.28. The van der Waals surface area contributed by atoms with Crippen LogP contribution in [-0.2, 0) is 26.4 Å². The van der Waals surface area contributed by atoms with Crippen molar-refractivity contribution in [1.82, 2.24) is 0 Å². The van der Waals surface area contributed by atoms with E-state index in [1.54, 1.807) is 0 Å². The molecule has 2 aliphatic rings. The van der Waals surface area contributed by atoms with Gasteiger partial charge in [-0.15, -0.1) is 0 Å². The van der Waals surface area contributed by atoms with Crippen LogP contribution in [0.25, 0.3) is 0 Å². The molecule has 2 saturated carbocycles. The number of carbonyl (C=O) groups excluding carboxylic acids is 2. The van der Waals surface area contributed by atoms with E-state index in [1.165, 1.54) is 0 Å². The molecule has 0 aromatic rings. The largest absolute Gasteiger partial charge is 2.00 e. The van der Waals surface area contributed by atoms with Crippen molar-refractivity contribution in [3.05, 3.63) is 0 Å². The number of hydrogen-bond acceptors (Lipinski definition) is 4.